The molecule has 0 saturated carbocycles. The van der Waals surface area contributed by atoms with Crippen molar-refractivity contribution in [1.29, 1.82) is 0 Å². The van der Waals surface area contributed by atoms with Crippen molar-refractivity contribution in [3.63, 3.8) is 0 Å². The molecule has 1 N–H and O–H groups in total. The maximum atomic E-state index is 12.4. The highest BCUT2D eigenvalue weighted by atomic mass is 127. The van der Waals surface area contributed by atoms with Crippen molar-refractivity contribution in [3.8, 4) is 5.75 Å². The second-order valence-electron chi connectivity index (χ2n) is 4.68. The number of benzene rings is 2. The molecule has 0 saturated heterocycles. The molecule has 2 aromatic carbocycles. The van der Waals surface area contributed by atoms with E-state index in [4.69, 9.17) is 4.74 Å². The molecule has 0 radical (unpaired) electrons. The van der Waals surface area contributed by atoms with Gasteiger partial charge in [-0.05, 0) is 40.8 Å². The fraction of sp³-hybridized carbons (Fsp3) is 0.188. The van der Waals surface area contributed by atoms with E-state index in [0.717, 1.165) is 26.9 Å². The van der Waals surface area contributed by atoms with Gasteiger partial charge in [-0.15, -0.1) is 0 Å². The number of rotatable bonds is 2. The number of halogens is 1. The lowest BCUT2D eigenvalue weighted by atomic mass is 10.00. The van der Waals surface area contributed by atoms with E-state index >= 15 is 0 Å². The minimum atomic E-state index is -0.0308. The first-order chi connectivity index (χ1) is 9.75. The molecular formula is C16H14INO2. The van der Waals surface area contributed by atoms with Gasteiger partial charge in [-0.2, -0.15) is 0 Å². The molecule has 3 nitrogen and oxygen atoms in total. The van der Waals surface area contributed by atoms with Gasteiger partial charge < -0.3 is 10.1 Å². The van der Waals surface area contributed by atoms with Crippen molar-refractivity contribution in [2.24, 2.45) is 0 Å². The molecule has 3 rings (SSSR count). The van der Waals surface area contributed by atoms with Gasteiger partial charge in [0.1, 0.15) is 5.75 Å². The first kappa shape index (κ1) is 13.4. The van der Waals surface area contributed by atoms with Gasteiger partial charge in [0.25, 0.3) is 5.91 Å². The van der Waals surface area contributed by atoms with Gasteiger partial charge in [0.15, 0.2) is 0 Å². The molecule has 1 amide bonds. The molecule has 1 aliphatic heterocycles. The fourth-order valence-electron chi connectivity index (χ4n) is 2.37. The van der Waals surface area contributed by atoms with Crippen LogP contribution in [0.2, 0.25) is 0 Å². The van der Waals surface area contributed by atoms with Gasteiger partial charge in [0.2, 0.25) is 0 Å². The molecule has 0 aromatic heterocycles. The first-order valence-electron chi connectivity index (χ1n) is 6.53. The van der Waals surface area contributed by atoms with Crippen LogP contribution in [0.3, 0.4) is 0 Å². The standard InChI is InChI=1S/C16H14INO2/c17-13-7-3-1-5-11(13)16(19)18-14-9-10-20-15-8-4-2-6-12(14)15/h1-8,14H,9-10H2,(H,18,19)/t14-/m0/s1. The van der Waals surface area contributed by atoms with Gasteiger partial charge in [0, 0.05) is 15.6 Å². The van der Waals surface area contributed by atoms with Crippen molar-refractivity contribution < 1.29 is 9.53 Å². The second-order valence-corrected chi connectivity index (χ2v) is 5.84. The van der Waals surface area contributed by atoms with Crippen LogP contribution in [-0.2, 0) is 0 Å². The quantitative estimate of drug-likeness (QED) is 0.811. The minimum Gasteiger partial charge on any atom is -0.493 e. The summed E-state index contributed by atoms with van der Waals surface area (Å²) < 4.78 is 6.57. The van der Waals surface area contributed by atoms with E-state index in [1.807, 2.05) is 48.5 Å². The molecule has 1 heterocycles. The molecule has 1 atom stereocenters. The van der Waals surface area contributed by atoms with Crippen LogP contribution in [0.25, 0.3) is 0 Å². The second kappa shape index (κ2) is 5.83. The first-order valence-corrected chi connectivity index (χ1v) is 7.60. The summed E-state index contributed by atoms with van der Waals surface area (Å²) in [4.78, 5) is 12.4. The monoisotopic (exact) mass is 379 g/mol. The average molecular weight is 379 g/mol. The molecule has 0 bridgehead atoms. The van der Waals surface area contributed by atoms with Crippen molar-refractivity contribution in [1.82, 2.24) is 5.32 Å². The number of ether oxygens (including phenoxy) is 1. The van der Waals surface area contributed by atoms with Gasteiger partial charge in [-0.3, -0.25) is 4.79 Å². The molecule has 102 valence electrons. The predicted octanol–water partition coefficient (Wildman–Crippen LogP) is 3.54. The highest BCUT2D eigenvalue weighted by molar-refractivity contribution is 14.1. The van der Waals surface area contributed by atoms with E-state index < -0.39 is 0 Å². The van der Waals surface area contributed by atoms with Crippen LogP contribution in [0.15, 0.2) is 48.5 Å². The van der Waals surface area contributed by atoms with Gasteiger partial charge in [-0.1, -0.05) is 30.3 Å². The maximum absolute atomic E-state index is 12.4. The Morgan fingerprint density at radius 1 is 1.15 bits per heavy atom. The molecule has 20 heavy (non-hydrogen) atoms. The lowest BCUT2D eigenvalue weighted by Crippen LogP contribution is -2.32. The summed E-state index contributed by atoms with van der Waals surface area (Å²) in [6, 6.07) is 15.5. The third-order valence-corrected chi connectivity index (χ3v) is 4.32. The zero-order valence-electron chi connectivity index (χ0n) is 10.8. The van der Waals surface area contributed by atoms with E-state index in [0.29, 0.717) is 6.61 Å². The Labute approximate surface area is 131 Å². The summed E-state index contributed by atoms with van der Waals surface area (Å²) in [7, 11) is 0. The van der Waals surface area contributed by atoms with Crippen LogP contribution in [0.5, 0.6) is 5.75 Å². The summed E-state index contributed by atoms with van der Waals surface area (Å²) in [5, 5.41) is 3.11. The average Bonchev–Trinajstić information content (AvgIpc) is 2.48. The number of para-hydroxylation sites is 1. The van der Waals surface area contributed by atoms with Gasteiger partial charge in [0.05, 0.1) is 18.2 Å². The highest BCUT2D eigenvalue weighted by Crippen LogP contribution is 2.31. The van der Waals surface area contributed by atoms with E-state index in [1.165, 1.54) is 0 Å². The Kier molecular flexibility index (Phi) is 3.91. The molecular weight excluding hydrogens is 365 g/mol. The number of hydrogen-bond donors (Lipinski definition) is 1. The Bertz CT molecular complexity index is 642. The zero-order chi connectivity index (χ0) is 13.9. The van der Waals surface area contributed by atoms with Crippen LogP contribution in [0, 0.1) is 3.57 Å². The largest absolute Gasteiger partial charge is 0.493 e. The lowest BCUT2D eigenvalue weighted by molar-refractivity contribution is 0.0924. The third-order valence-electron chi connectivity index (χ3n) is 3.38. The molecule has 2 aromatic rings. The van der Waals surface area contributed by atoms with Crippen molar-refractivity contribution in [2.75, 3.05) is 6.61 Å². The number of carbonyl (C=O) groups is 1. The summed E-state index contributed by atoms with van der Waals surface area (Å²) in [5.41, 5.74) is 1.77. The van der Waals surface area contributed by atoms with Crippen molar-refractivity contribution in [2.45, 2.75) is 12.5 Å². The number of nitrogens with one attached hydrogen (secondary N) is 1. The third kappa shape index (κ3) is 2.65. The maximum Gasteiger partial charge on any atom is 0.252 e. The lowest BCUT2D eigenvalue weighted by Gasteiger charge is -2.26. The number of hydrogen-bond acceptors (Lipinski definition) is 2. The van der Waals surface area contributed by atoms with E-state index in [1.54, 1.807) is 0 Å². The number of carbonyl (C=O) groups excluding carboxylic acids is 1. The number of fused-ring (bicyclic) bond motifs is 1. The van der Waals surface area contributed by atoms with Gasteiger partial charge in [-0.25, -0.2) is 0 Å². The summed E-state index contributed by atoms with van der Waals surface area (Å²) >= 11 is 2.18. The summed E-state index contributed by atoms with van der Waals surface area (Å²) in [6.07, 6.45) is 0.798. The minimum absolute atomic E-state index is 0.0171. The zero-order valence-corrected chi connectivity index (χ0v) is 13.0. The Morgan fingerprint density at radius 3 is 2.75 bits per heavy atom. The van der Waals surface area contributed by atoms with Crippen molar-refractivity contribution >= 4 is 28.5 Å². The SMILES string of the molecule is O=C(N[C@H]1CCOc2ccccc21)c1ccccc1I. The summed E-state index contributed by atoms with van der Waals surface area (Å²) in [5.74, 6) is 0.837. The van der Waals surface area contributed by atoms with Crippen LogP contribution in [0.4, 0.5) is 0 Å². The topological polar surface area (TPSA) is 38.3 Å². The normalized spacial score (nSPS) is 16.9. The highest BCUT2D eigenvalue weighted by Gasteiger charge is 2.23. The van der Waals surface area contributed by atoms with Gasteiger partial charge >= 0.3 is 0 Å². The number of amides is 1. The van der Waals surface area contributed by atoms with E-state index in [2.05, 4.69) is 27.9 Å². The molecule has 4 heteroatoms. The molecule has 0 unspecified atom stereocenters. The molecule has 0 aliphatic carbocycles. The fourth-order valence-corrected chi connectivity index (χ4v) is 3.01. The van der Waals surface area contributed by atoms with Crippen LogP contribution >= 0.6 is 22.6 Å². The van der Waals surface area contributed by atoms with Crippen LogP contribution in [0.1, 0.15) is 28.4 Å². The van der Waals surface area contributed by atoms with E-state index in [-0.39, 0.29) is 11.9 Å². The predicted molar refractivity (Wildman–Crippen MR) is 85.9 cm³/mol. The Balaban J connectivity index is 1.83. The van der Waals surface area contributed by atoms with Crippen molar-refractivity contribution in [3.05, 3.63) is 63.2 Å². The Hall–Kier alpha value is -1.56. The van der Waals surface area contributed by atoms with Crippen LogP contribution in [-0.4, -0.2) is 12.5 Å². The summed E-state index contributed by atoms with van der Waals surface area (Å²) in [6.45, 7) is 0.633. The van der Waals surface area contributed by atoms with E-state index in [9.17, 15) is 4.79 Å². The molecule has 1 aliphatic rings. The van der Waals surface area contributed by atoms with Crippen LogP contribution < -0.4 is 10.1 Å². The molecule has 0 spiro atoms. The Morgan fingerprint density at radius 2 is 1.90 bits per heavy atom. The molecule has 0 fully saturated rings. The smallest absolute Gasteiger partial charge is 0.252 e.